The molecule has 2 heterocycles. The van der Waals surface area contributed by atoms with Crippen LogP contribution in [-0.2, 0) is 30.3 Å². The number of benzene rings is 2. The summed E-state index contributed by atoms with van der Waals surface area (Å²) in [6.45, 7) is 8.45. The minimum atomic E-state index is -0.872. The Morgan fingerprint density at radius 1 is 1.05 bits per heavy atom. The molecule has 2 bridgehead atoms. The number of nitrogens with zero attached hydrogens (tertiary/aromatic N) is 3. The van der Waals surface area contributed by atoms with E-state index >= 15 is 0 Å². The maximum atomic E-state index is 14.0. The summed E-state index contributed by atoms with van der Waals surface area (Å²) in [4.78, 5) is 45.8. The molecule has 236 valence electrons. The van der Waals surface area contributed by atoms with E-state index in [-0.39, 0.29) is 36.2 Å². The number of aromatic nitrogens is 2. The molecule has 8 atom stereocenters. The van der Waals surface area contributed by atoms with Crippen LogP contribution in [0.5, 0.6) is 0 Å². The van der Waals surface area contributed by atoms with E-state index in [1.807, 2.05) is 30.3 Å². The lowest BCUT2D eigenvalue weighted by Crippen LogP contribution is -2.62. The van der Waals surface area contributed by atoms with Gasteiger partial charge in [0.05, 0.1) is 30.0 Å². The van der Waals surface area contributed by atoms with Crippen LogP contribution in [0.2, 0.25) is 0 Å². The summed E-state index contributed by atoms with van der Waals surface area (Å²) in [7, 11) is 3.13. The number of carbonyl (C=O) groups is 1. The van der Waals surface area contributed by atoms with Gasteiger partial charge in [-0.3, -0.25) is 28.6 Å². The summed E-state index contributed by atoms with van der Waals surface area (Å²) in [6.07, 6.45) is 0.559. The van der Waals surface area contributed by atoms with Gasteiger partial charge in [0.15, 0.2) is 0 Å². The molecule has 1 saturated heterocycles. The molecule has 4 fully saturated rings. The van der Waals surface area contributed by atoms with E-state index in [1.54, 1.807) is 38.2 Å². The Hall–Kier alpha value is -3.31. The quantitative estimate of drug-likeness (QED) is 0.379. The second-order valence-electron chi connectivity index (χ2n) is 13.9. The van der Waals surface area contributed by atoms with Crippen molar-refractivity contribution in [1.29, 1.82) is 0 Å². The van der Waals surface area contributed by atoms with Gasteiger partial charge < -0.3 is 15.5 Å². The first-order valence-electron chi connectivity index (χ1n) is 15.7. The highest BCUT2D eigenvalue weighted by atomic mass is 16.7. The smallest absolute Gasteiger partial charge is 0.273 e. The Morgan fingerprint density at radius 3 is 2.36 bits per heavy atom. The summed E-state index contributed by atoms with van der Waals surface area (Å²) < 4.78 is 2.60. The Labute approximate surface area is 257 Å². The van der Waals surface area contributed by atoms with Crippen molar-refractivity contribution >= 4 is 16.7 Å². The van der Waals surface area contributed by atoms with E-state index < -0.39 is 24.2 Å². The second kappa shape index (κ2) is 11.2. The summed E-state index contributed by atoms with van der Waals surface area (Å²) in [5, 5.41) is 26.5. The van der Waals surface area contributed by atoms with Crippen LogP contribution in [0.25, 0.3) is 21.9 Å². The maximum Gasteiger partial charge on any atom is 0.273 e. The minimum Gasteiger partial charge on any atom is -0.394 e. The number of rotatable bonds is 7. The van der Waals surface area contributed by atoms with Crippen molar-refractivity contribution in [2.45, 2.75) is 71.4 Å². The number of aliphatic hydroxyl groups excluding tert-OH is 2. The zero-order valence-electron chi connectivity index (χ0n) is 26.4. The second-order valence-corrected chi connectivity index (χ2v) is 13.9. The fourth-order valence-corrected chi connectivity index (χ4v) is 8.22. The Morgan fingerprint density at radius 2 is 1.73 bits per heavy atom. The minimum absolute atomic E-state index is 0.0599. The van der Waals surface area contributed by atoms with Crippen molar-refractivity contribution in [3.8, 4) is 11.1 Å². The van der Waals surface area contributed by atoms with Gasteiger partial charge in [-0.1, -0.05) is 45.0 Å². The molecule has 1 amide bonds. The SMILES string of the molecule is C[C@@H]1[C@@H](NC(=O)[C@@H]2[C@H]([C@H](C)O)[C@H](CO)ON2Cc2cccc(-c3ccc4c(=O)n(C)n(C)c(=O)c4c3)c2)C[C@H]2C[C@@H]1C2(C)C. The number of fused-ring (bicyclic) bond motifs is 3. The standard InChI is InChI=1S/C34H44N4O6/c1-18-26-14-23(34(26,3)4)15-27(18)35-31(41)30-29(19(2)40)28(17-39)44-38(30)16-20-8-7-9-21(12-20)22-10-11-24-25(13-22)33(43)37(6)36(5)32(24)42/h7-13,18-19,23,26-30,39-40H,14-17H2,1-6H3,(H,35,41)/t18-,19-,23+,26-,27-,28-,29+,30-/m0/s1. The summed E-state index contributed by atoms with van der Waals surface area (Å²) >= 11 is 0. The monoisotopic (exact) mass is 604 g/mol. The Bertz CT molecular complexity index is 1710. The van der Waals surface area contributed by atoms with Gasteiger partial charge >= 0.3 is 0 Å². The van der Waals surface area contributed by atoms with Gasteiger partial charge in [0.1, 0.15) is 12.1 Å². The van der Waals surface area contributed by atoms with Crippen LogP contribution in [0.3, 0.4) is 0 Å². The van der Waals surface area contributed by atoms with Gasteiger partial charge in [0.2, 0.25) is 5.91 Å². The van der Waals surface area contributed by atoms with Gasteiger partial charge in [-0.15, -0.1) is 0 Å². The van der Waals surface area contributed by atoms with Crippen molar-refractivity contribution in [2.75, 3.05) is 6.61 Å². The van der Waals surface area contributed by atoms with Crippen molar-refractivity contribution in [3.63, 3.8) is 0 Å². The van der Waals surface area contributed by atoms with Crippen molar-refractivity contribution in [1.82, 2.24) is 19.7 Å². The van der Waals surface area contributed by atoms with Crippen molar-refractivity contribution in [3.05, 3.63) is 68.7 Å². The van der Waals surface area contributed by atoms with E-state index in [0.29, 0.717) is 33.9 Å². The first-order chi connectivity index (χ1) is 20.8. The predicted molar refractivity (Wildman–Crippen MR) is 167 cm³/mol. The molecule has 0 spiro atoms. The van der Waals surface area contributed by atoms with E-state index in [2.05, 4.69) is 26.1 Å². The first-order valence-corrected chi connectivity index (χ1v) is 15.7. The molecule has 2 aromatic carbocycles. The molecule has 1 aliphatic heterocycles. The van der Waals surface area contributed by atoms with E-state index in [0.717, 1.165) is 23.1 Å². The number of aliphatic hydroxyl groups is 2. The third-order valence-corrected chi connectivity index (χ3v) is 11.2. The van der Waals surface area contributed by atoms with Gasteiger partial charge in [-0.25, -0.2) is 0 Å². The highest BCUT2D eigenvalue weighted by molar-refractivity contribution is 5.86. The molecular weight excluding hydrogens is 560 g/mol. The molecule has 7 rings (SSSR count). The molecule has 3 saturated carbocycles. The normalized spacial score (nSPS) is 30.2. The molecule has 3 aromatic rings. The van der Waals surface area contributed by atoms with Crippen LogP contribution >= 0.6 is 0 Å². The Balaban J connectivity index is 1.27. The third kappa shape index (κ3) is 4.92. The van der Waals surface area contributed by atoms with Gasteiger partial charge in [0.25, 0.3) is 11.1 Å². The molecule has 4 aliphatic rings. The van der Waals surface area contributed by atoms with Crippen molar-refractivity contribution in [2.24, 2.45) is 43.2 Å². The third-order valence-electron chi connectivity index (χ3n) is 11.2. The molecule has 10 heteroatoms. The fourth-order valence-electron chi connectivity index (χ4n) is 8.22. The highest BCUT2D eigenvalue weighted by Gasteiger charge is 2.57. The molecule has 0 radical (unpaired) electrons. The molecule has 44 heavy (non-hydrogen) atoms. The maximum absolute atomic E-state index is 14.0. The molecular formula is C34H44N4O6. The molecule has 3 aliphatic carbocycles. The predicted octanol–water partition coefficient (Wildman–Crippen LogP) is 2.56. The summed E-state index contributed by atoms with van der Waals surface area (Å²) in [5.74, 6) is 0.715. The lowest BCUT2D eigenvalue weighted by atomic mass is 9.45. The van der Waals surface area contributed by atoms with Crippen LogP contribution in [0.15, 0.2) is 52.1 Å². The lowest BCUT2D eigenvalue weighted by molar-refractivity contribution is -0.183. The van der Waals surface area contributed by atoms with E-state index in [1.165, 1.54) is 15.8 Å². The highest BCUT2D eigenvalue weighted by Crippen LogP contribution is 2.61. The van der Waals surface area contributed by atoms with Gasteiger partial charge in [-0.2, -0.15) is 5.06 Å². The molecule has 0 unspecified atom stereocenters. The molecule has 10 nitrogen and oxygen atoms in total. The summed E-state index contributed by atoms with van der Waals surface area (Å²) in [6, 6.07) is 12.2. The number of amides is 1. The fraction of sp³-hybridized carbons (Fsp3) is 0.559. The number of hydrogen-bond acceptors (Lipinski definition) is 7. The zero-order valence-corrected chi connectivity index (χ0v) is 26.4. The average molecular weight is 605 g/mol. The molecule has 1 aromatic heterocycles. The van der Waals surface area contributed by atoms with Crippen LogP contribution in [0, 0.1) is 29.1 Å². The van der Waals surface area contributed by atoms with Crippen LogP contribution in [0.1, 0.15) is 46.1 Å². The topological polar surface area (TPSA) is 126 Å². The molecule has 3 N–H and O–H groups in total. The zero-order chi connectivity index (χ0) is 31.7. The Kier molecular flexibility index (Phi) is 7.85. The number of carbonyl (C=O) groups excluding carboxylic acids is 1. The van der Waals surface area contributed by atoms with Gasteiger partial charge in [-0.05, 0) is 77.8 Å². The largest absolute Gasteiger partial charge is 0.394 e. The van der Waals surface area contributed by atoms with Crippen LogP contribution in [-0.4, -0.2) is 61.4 Å². The number of nitrogens with one attached hydrogen (secondary N) is 1. The average Bonchev–Trinajstić information content (AvgIpc) is 3.38. The number of hydroxylamine groups is 2. The van der Waals surface area contributed by atoms with E-state index in [4.69, 9.17) is 4.84 Å². The van der Waals surface area contributed by atoms with Gasteiger partial charge in [0, 0.05) is 26.1 Å². The van der Waals surface area contributed by atoms with Crippen LogP contribution in [0.4, 0.5) is 0 Å². The van der Waals surface area contributed by atoms with E-state index in [9.17, 15) is 24.6 Å². The lowest BCUT2D eigenvalue weighted by Gasteiger charge is -2.62. The number of hydrogen-bond donors (Lipinski definition) is 3. The summed E-state index contributed by atoms with van der Waals surface area (Å²) in [5.41, 5.74) is 2.28. The first kappa shape index (κ1) is 30.7. The van der Waals surface area contributed by atoms with Crippen molar-refractivity contribution < 1.29 is 19.8 Å². The van der Waals surface area contributed by atoms with Crippen LogP contribution < -0.4 is 16.4 Å².